The molecule has 2 rings (SSSR count). The maximum atomic E-state index is 2.94. The summed E-state index contributed by atoms with van der Waals surface area (Å²) in [7, 11) is 0. The van der Waals surface area contributed by atoms with Gasteiger partial charge < -0.3 is 4.98 Å². The summed E-state index contributed by atoms with van der Waals surface area (Å²) in [4.78, 5) is 2.79. The average Bonchev–Trinajstić information content (AvgIpc) is 2.33. The van der Waals surface area contributed by atoms with Gasteiger partial charge in [0.05, 0.1) is 12.4 Å². The zero-order chi connectivity index (χ0) is 6.10. The van der Waals surface area contributed by atoms with Gasteiger partial charge in [-0.05, 0) is 0 Å². The molecule has 1 heteroatoms. The van der Waals surface area contributed by atoms with Crippen molar-refractivity contribution in [1.82, 2.24) is 4.98 Å². The van der Waals surface area contributed by atoms with E-state index in [1.165, 1.54) is 0 Å². The molecule has 0 amide bonds. The van der Waals surface area contributed by atoms with Crippen molar-refractivity contribution in [1.29, 1.82) is 0 Å². The monoisotopic (exact) mass is 115 g/mol. The van der Waals surface area contributed by atoms with Gasteiger partial charge >= 0.3 is 0 Å². The number of aromatic amines is 1. The third-order valence-electron chi connectivity index (χ3n) is 1.32. The molecule has 9 heavy (non-hydrogen) atoms. The molecule has 0 aliphatic carbocycles. The minimum Gasteiger partial charge on any atom is -0.351 e. The summed E-state index contributed by atoms with van der Waals surface area (Å²) in [6.07, 6.45) is 5.88. The zero-order valence-corrected chi connectivity index (χ0v) is 4.81. The Bertz CT molecular complexity index is 279. The highest BCUT2D eigenvalue weighted by atomic mass is 14.6. The first-order valence-electron chi connectivity index (χ1n) is 2.83. The van der Waals surface area contributed by atoms with E-state index in [0.29, 0.717) is 0 Å². The molecule has 2 radical (unpaired) electrons. The summed E-state index contributed by atoms with van der Waals surface area (Å²) in [5, 5.41) is 2.19. The highest BCUT2D eigenvalue weighted by Gasteiger charge is 1.88. The predicted octanol–water partition coefficient (Wildman–Crippen LogP) is 1.77. The number of H-pyrrole nitrogens is 1. The Balaban J connectivity index is 2.95. The van der Waals surface area contributed by atoms with Crippen LogP contribution in [0.4, 0.5) is 0 Å². The van der Waals surface area contributed by atoms with E-state index < -0.39 is 0 Å². The topological polar surface area (TPSA) is 15.8 Å². The fourth-order valence-corrected chi connectivity index (χ4v) is 0.867. The van der Waals surface area contributed by atoms with Crippen molar-refractivity contribution in [3.8, 4) is 0 Å². The Morgan fingerprint density at radius 3 is 2.11 bits per heavy atom. The molecular weight excluding hydrogens is 110 g/mol. The lowest BCUT2D eigenvalue weighted by Crippen LogP contribution is -1.58. The first-order chi connectivity index (χ1) is 4.47. The largest absolute Gasteiger partial charge is 0.351 e. The van der Waals surface area contributed by atoms with Crippen LogP contribution in [0.25, 0.3) is 10.8 Å². The summed E-state index contributed by atoms with van der Waals surface area (Å²) in [6.45, 7) is 0. The third kappa shape index (κ3) is 0.617. The van der Waals surface area contributed by atoms with Gasteiger partial charge in [-0.2, -0.15) is 0 Å². The maximum absolute atomic E-state index is 2.94. The molecule has 0 unspecified atom stereocenters. The second-order valence-electron chi connectivity index (χ2n) is 1.92. The Hall–Kier alpha value is -1.24. The molecule has 1 N–H and O–H groups in total. The van der Waals surface area contributed by atoms with Crippen LogP contribution in [0, 0.1) is 12.4 Å². The molecule has 0 spiro atoms. The molecule has 2 aromatic rings. The molecule has 0 bridgehead atoms. The van der Waals surface area contributed by atoms with E-state index in [2.05, 4.69) is 17.4 Å². The SMILES string of the molecule is [c]1[nH][c]c2ccccc12. The van der Waals surface area contributed by atoms with Gasteiger partial charge in [-0.25, -0.2) is 0 Å². The predicted molar refractivity (Wildman–Crippen MR) is 36.0 cm³/mol. The zero-order valence-electron chi connectivity index (χ0n) is 4.81. The van der Waals surface area contributed by atoms with Crippen molar-refractivity contribution < 1.29 is 0 Å². The van der Waals surface area contributed by atoms with Crippen LogP contribution in [-0.4, -0.2) is 4.98 Å². The molecule has 0 saturated carbocycles. The lowest BCUT2D eigenvalue weighted by Gasteiger charge is -1.80. The lowest BCUT2D eigenvalue weighted by atomic mass is 10.2. The summed E-state index contributed by atoms with van der Waals surface area (Å²) in [5.74, 6) is 0. The number of benzene rings is 1. The average molecular weight is 115 g/mol. The van der Waals surface area contributed by atoms with Crippen LogP contribution in [0.5, 0.6) is 0 Å². The number of fused-ring (bicyclic) bond motifs is 1. The Labute approximate surface area is 53.3 Å². The normalized spacial score (nSPS) is 10.2. The van der Waals surface area contributed by atoms with Gasteiger partial charge in [0.2, 0.25) is 0 Å². The van der Waals surface area contributed by atoms with E-state index in [-0.39, 0.29) is 0 Å². The number of hydrogen-bond donors (Lipinski definition) is 1. The molecule has 0 atom stereocenters. The molecule has 1 heterocycles. The smallest absolute Gasteiger partial charge is 0.0711 e. The van der Waals surface area contributed by atoms with Crippen LogP contribution >= 0.6 is 0 Å². The molecule has 1 aromatic heterocycles. The highest BCUT2D eigenvalue weighted by molar-refractivity contribution is 5.80. The van der Waals surface area contributed by atoms with Gasteiger partial charge in [0, 0.05) is 10.8 Å². The van der Waals surface area contributed by atoms with E-state index in [1.807, 2.05) is 24.3 Å². The quantitative estimate of drug-likeness (QED) is 0.538. The van der Waals surface area contributed by atoms with Gasteiger partial charge in [-0.15, -0.1) is 0 Å². The third-order valence-corrected chi connectivity index (χ3v) is 1.32. The molecule has 0 aliphatic heterocycles. The Morgan fingerprint density at radius 1 is 1.00 bits per heavy atom. The summed E-state index contributed by atoms with van der Waals surface area (Å²) in [6, 6.07) is 7.98. The van der Waals surface area contributed by atoms with Crippen LogP contribution in [0.1, 0.15) is 0 Å². The first kappa shape index (κ1) is 4.62. The highest BCUT2D eigenvalue weighted by Crippen LogP contribution is 2.08. The fourth-order valence-electron chi connectivity index (χ4n) is 0.867. The number of hydrogen-bond acceptors (Lipinski definition) is 0. The fraction of sp³-hybridized carbons (Fsp3) is 0. The minimum absolute atomic E-state index is 1.09. The first-order valence-corrected chi connectivity index (χ1v) is 2.83. The molecular formula is C8H5N. The Morgan fingerprint density at radius 2 is 1.56 bits per heavy atom. The van der Waals surface area contributed by atoms with Gasteiger partial charge in [0.25, 0.3) is 0 Å². The summed E-state index contributed by atoms with van der Waals surface area (Å²) < 4.78 is 0. The van der Waals surface area contributed by atoms with E-state index in [1.54, 1.807) is 0 Å². The van der Waals surface area contributed by atoms with Crippen molar-refractivity contribution in [2.75, 3.05) is 0 Å². The standard InChI is InChI=1S/C8H5N/c1-2-4-8-6-9-5-7(8)3-1/h1-4,9H. The van der Waals surface area contributed by atoms with Crippen LogP contribution in [0.2, 0.25) is 0 Å². The molecule has 1 aromatic carbocycles. The number of rotatable bonds is 0. The van der Waals surface area contributed by atoms with Gasteiger partial charge in [-0.1, -0.05) is 24.3 Å². The minimum atomic E-state index is 1.09. The van der Waals surface area contributed by atoms with E-state index >= 15 is 0 Å². The van der Waals surface area contributed by atoms with E-state index in [0.717, 1.165) is 10.8 Å². The van der Waals surface area contributed by atoms with Crippen LogP contribution in [0.3, 0.4) is 0 Å². The van der Waals surface area contributed by atoms with Crippen LogP contribution in [0.15, 0.2) is 24.3 Å². The van der Waals surface area contributed by atoms with Gasteiger partial charge in [0.1, 0.15) is 0 Å². The summed E-state index contributed by atoms with van der Waals surface area (Å²) >= 11 is 0. The van der Waals surface area contributed by atoms with Crippen LogP contribution < -0.4 is 0 Å². The van der Waals surface area contributed by atoms with E-state index in [4.69, 9.17) is 0 Å². The van der Waals surface area contributed by atoms with Crippen molar-refractivity contribution in [2.45, 2.75) is 0 Å². The number of nitrogens with one attached hydrogen (secondary N) is 1. The lowest BCUT2D eigenvalue weighted by molar-refractivity contribution is 1.39. The van der Waals surface area contributed by atoms with Crippen molar-refractivity contribution >= 4 is 10.8 Å². The molecule has 1 nitrogen and oxygen atoms in total. The Kier molecular flexibility index (Phi) is 0.833. The summed E-state index contributed by atoms with van der Waals surface area (Å²) in [5.41, 5.74) is 0. The number of aromatic nitrogens is 1. The second-order valence-corrected chi connectivity index (χ2v) is 1.92. The van der Waals surface area contributed by atoms with Crippen LogP contribution in [-0.2, 0) is 0 Å². The maximum Gasteiger partial charge on any atom is 0.0711 e. The molecule has 42 valence electrons. The second kappa shape index (κ2) is 1.62. The van der Waals surface area contributed by atoms with Crippen molar-refractivity contribution in [3.63, 3.8) is 0 Å². The van der Waals surface area contributed by atoms with Crippen molar-refractivity contribution in [3.05, 3.63) is 36.7 Å². The van der Waals surface area contributed by atoms with Gasteiger partial charge in [-0.3, -0.25) is 0 Å². The van der Waals surface area contributed by atoms with E-state index in [9.17, 15) is 0 Å². The molecule has 0 fully saturated rings. The van der Waals surface area contributed by atoms with Crippen molar-refractivity contribution in [2.24, 2.45) is 0 Å². The van der Waals surface area contributed by atoms with Gasteiger partial charge in [0.15, 0.2) is 0 Å². The molecule has 0 aliphatic rings. The molecule has 0 saturated heterocycles.